The molecule has 0 aliphatic carbocycles. The van der Waals surface area contributed by atoms with E-state index in [0.29, 0.717) is 11.3 Å². The van der Waals surface area contributed by atoms with Crippen molar-refractivity contribution in [2.75, 3.05) is 21.2 Å². The summed E-state index contributed by atoms with van der Waals surface area (Å²) in [5.41, 5.74) is 1.32. The molecule has 4 heteroatoms. The third kappa shape index (κ3) is 2.02. The van der Waals surface area contributed by atoms with E-state index in [4.69, 9.17) is 4.74 Å². The van der Waals surface area contributed by atoms with Crippen LogP contribution in [0.4, 0.5) is 0 Å². The van der Waals surface area contributed by atoms with E-state index in [2.05, 4.69) is 4.98 Å². The minimum atomic E-state index is -0.102. The first kappa shape index (κ1) is 10.5. The number of ether oxygens (including phenoxy) is 1. The minimum absolute atomic E-state index is 0.102. The molecule has 4 nitrogen and oxygen atoms in total. The number of hydrogen-bond donors (Lipinski definition) is 0. The second-order valence-corrected chi connectivity index (χ2v) is 3.23. The number of aryl methyl sites for hydroxylation is 1. The van der Waals surface area contributed by atoms with E-state index < -0.39 is 0 Å². The smallest absolute Gasteiger partial charge is 0.258 e. The van der Waals surface area contributed by atoms with Gasteiger partial charge in [-0.2, -0.15) is 0 Å². The van der Waals surface area contributed by atoms with Crippen LogP contribution in [0.15, 0.2) is 12.3 Å². The Morgan fingerprint density at radius 2 is 2.14 bits per heavy atom. The van der Waals surface area contributed by atoms with E-state index in [1.807, 2.05) is 6.92 Å². The van der Waals surface area contributed by atoms with Crippen molar-refractivity contribution < 1.29 is 9.53 Å². The summed E-state index contributed by atoms with van der Waals surface area (Å²) in [6.07, 6.45) is 1.54. The molecule has 0 aliphatic rings. The summed E-state index contributed by atoms with van der Waals surface area (Å²) in [5.74, 6) is 0.463. The van der Waals surface area contributed by atoms with Gasteiger partial charge in [0, 0.05) is 32.1 Å². The Bertz CT molecular complexity index is 348. The van der Waals surface area contributed by atoms with E-state index in [-0.39, 0.29) is 5.91 Å². The molecule has 1 rings (SSSR count). The number of methoxy groups -OCH3 is 1. The molecule has 0 aliphatic heterocycles. The van der Waals surface area contributed by atoms with Gasteiger partial charge in [0.1, 0.15) is 5.75 Å². The Labute approximate surface area is 83.5 Å². The summed E-state index contributed by atoms with van der Waals surface area (Å²) in [6.45, 7) is 1.85. The number of carbonyl (C=O) groups is 1. The van der Waals surface area contributed by atoms with Crippen LogP contribution in [0.3, 0.4) is 0 Å². The zero-order chi connectivity index (χ0) is 10.7. The van der Waals surface area contributed by atoms with Gasteiger partial charge in [-0.15, -0.1) is 0 Å². The fourth-order valence-electron chi connectivity index (χ4n) is 1.11. The highest BCUT2D eigenvalue weighted by Gasteiger charge is 2.14. The minimum Gasteiger partial charge on any atom is -0.496 e. The third-order valence-electron chi connectivity index (χ3n) is 1.86. The fraction of sp³-hybridized carbons (Fsp3) is 0.400. The lowest BCUT2D eigenvalue weighted by molar-refractivity contribution is 0.0824. The first-order valence-electron chi connectivity index (χ1n) is 4.28. The number of rotatable bonds is 2. The van der Waals surface area contributed by atoms with Gasteiger partial charge in [0.15, 0.2) is 0 Å². The predicted molar refractivity (Wildman–Crippen MR) is 53.5 cm³/mol. The van der Waals surface area contributed by atoms with Crippen LogP contribution in [-0.2, 0) is 0 Å². The molecule has 0 unspecified atom stereocenters. The van der Waals surface area contributed by atoms with Crippen molar-refractivity contribution in [3.8, 4) is 5.75 Å². The quantitative estimate of drug-likeness (QED) is 0.708. The van der Waals surface area contributed by atoms with Crippen molar-refractivity contribution in [2.45, 2.75) is 6.92 Å². The highest BCUT2D eigenvalue weighted by Crippen LogP contribution is 2.18. The average molecular weight is 194 g/mol. The van der Waals surface area contributed by atoms with E-state index in [0.717, 1.165) is 5.69 Å². The molecular formula is C10H14N2O2. The molecule has 0 atom stereocenters. The second kappa shape index (κ2) is 4.09. The summed E-state index contributed by atoms with van der Waals surface area (Å²) < 4.78 is 5.11. The Morgan fingerprint density at radius 3 is 2.64 bits per heavy atom. The van der Waals surface area contributed by atoms with Crippen molar-refractivity contribution in [1.82, 2.24) is 9.88 Å². The van der Waals surface area contributed by atoms with Crippen LogP contribution < -0.4 is 4.74 Å². The highest BCUT2D eigenvalue weighted by atomic mass is 16.5. The maximum absolute atomic E-state index is 11.6. The van der Waals surface area contributed by atoms with E-state index >= 15 is 0 Å². The van der Waals surface area contributed by atoms with Crippen molar-refractivity contribution in [3.05, 3.63) is 23.5 Å². The van der Waals surface area contributed by atoms with Gasteiger partial charge in [-0.25, -0.2) is 0 Å². The normalized spacial score (nSPS) is 9.71. The van der Waals surface area contributed by atoms with Crippen LogP contribution in [0.1, 0.15) is 16.1 Å². The second-order valence-electron chi connectivity index (χ2n) is 3.23. The van der Waals surface area contributed by atoms with Crippen LogP contribution in [0.25, 0.3) is 0 Å². The SMILES string of the molecule is COc1cc(C)ncc1C(=O)N(C)C. The molecule has 0 radical (unpaired) electrons. The highest BCUT2D eigenvalue weighted by molar-refractivity contribution is 5.96. The Balaban J connectivity index is 3.14. The number of aromatic nitrogens is 1. The molecule has 0 N–H and O–H groups in total. The fourth-order valence-corrected chi connectivity index (χ4v) is 1.11. The lowest BCUT2D eigenvalue weighted by Crippen LogP contribution is -2.22. The lowest BCUT2D eigenvalue weighted by atomic mass is 10.2. The zero-order valence-corrected chi connectivity index (χ0v) is 8.87. The molecule has 1 aromatic rings. The average Bonchev–Trinajstić information content (AvgIpc) is 2.16. The monoisotopic (exact) mass is 194 g/mol. The number of pyridine rings is 1. The van der Waals surface area contributed by atoms with Crippen LogP contribution >= 0.6 is 0 Å². The Morgan fingerprint density at radius 1 is 1.50 bits per heavy atom. The van der Waals surface area contributed by atoms with Crippen LogP contribution in [0.5, 0.6) is 5.75 Å². The summed E-state index contributed by atoms with van der Waals surface area (Å²) in [7, 11) is 4.93. The van der Waals surface area contributed by atoms with E-state index in [9.17, 15) is 4.79 Å². The molecule has 0 fully saturated rings. The van der Waals surface area contributed by atoms with Crippen LogP contribution in [-0.4, -0.2) is 37.0 Å². The molecule has 1 amide bonds. The molecule has 14 heavy (non-hydrogen) atoms. The molecule has 0 saturated carbocycles. The number of hydrogen-bond acceptors (Lipinski definition) is 3. The Kier molecular flexibility index (Phi) is 3.06. The first-order valence-corrected chi connectivity index (χ1v) is 4.28. The van der Waals surface area contributed by atoms with E-state index in [1.54, 1.807) is 27.3 Å². The maximum Gasteiger partial charge on any atom is 0.258 e. The van der Waals surface area contributed by atoms with Crippen LogP contribution in [0.2, 0.25) is 0 Å². The molecule has 0 spiro atoms. The molecule has 0 saturated heterocycles. The van der Waals surface area contributed by atoms with Gasteiger partial charge in [-0.05, 0) is 6.92 Å². The maximum atomic E-state index is 11.6. The Hall–Kier alpha value is -1.58. The summed E-state index contributed by atoms with van der Waals surface area (Å²) in [4.78, 5) is 17.2. The van der Waals surface area contributed by atoms with Gasteiger partial charge < -0.3 is 9.64 Å². The summed E-state index contributed by atoms with van der Waals surface area (Å²) in [6, 6.07) is 1.75. The number of amides is 1. The molecule has 1 aromatic heterocycles. The first-order chi connectivity index (χ1) is 6.56. The topological polar surface area (TPSA) is 42.4 Å². The van der Waals surface area contributed by atoms with Gasteiger partial charge in [0.25, 0.3) is 5.91 Å². The van der Waals surface area contributed by atoms with Gasteiger partial charge in [-0.1, -0.05) is 0 Å². The zero-order valence-electron chi connectivity index (χ0n) is 8.87. The molecule has 76 valence electrons. The van der Waals surface area contributed by atoms with Crippen molar-refractivity contribution in [3.63, 3.8) is 0 Å². The molecule has 1 heterocycles. The summed E-state index contributed by atoms with van der Waals surface area (Å²) in [5, 5.41) is 0. The third-order valence-corrected chi connectivity index (χ3v) is 1.86. The molecule has 0 bridgehead atoms. The van der Waals surface area contributed by atoms with Gasteiger partial charge >= 0.3 is 0 Å². The van der Waals surface area contributed by atoms with Gasteiger partial charge in [0.2, 0.25) is 0 Å². The number of carbonyl (C=O) groups excluding carboxylic acids is 1. The predicted octanol–water partition coefficient (Wildman–Crippen LogP) is 1.10. The van der Waals surface area contributed by atoms with Crippen molar-refractivity contribution in [1.29, 1.82) is 0 Å². The number of nitrogens with zero attached hydrogens (tertiary/aromatic N) is 2. The largest absolute Gasteiger partial charge is 0.496 e. The molecular weight excluding hydrogens is 180 g/mol. The lowest BCUT2D eigenvalue weighted by Gasteiger charge is -2.13. The van der Waals surface area contributed by atoms with Crippen LogP contribution in [0, 0.1) is 6.92 Å². The van der Waals surface area contributed by atoms with Gasteiger partial charge in [-0.3, -0.25) is 9.78 Å². The van der Waals surface area contributed by atoms with Gasteiger partial charge in [0.05, 0.1) is 12.7 Å². The van der Waals surface area contributed by atoms with Crippen molar-refractivity contribution >= 4 is 5.91 Å². The molecule has 0 aromatic carbocycles. The standard InChI is InChI=1S/C10H14N2O2/c1-7-5-9(14-4)8(6-11-7)10(13)12(2)3/h5-6H,1-4H3. The summed E-state index contributed by atoms with van der Waals surface area (Å²) >= 11 is 0. The van der Waals surface area contributed by atoms with E-state index in [1.165, 1.54) is 11.1 Å². The van der Waals surface area contributed by atoms with Crippen molar-refractivity contribution in [2.24, 2.45) is 0 Å².